The molecule has 20 heavy (non-hydrogen) atoms. The Morgan fingerprint density at radius 1 is 1.55 bits per heavy atom. The molecule has 106 valence electrons. The number of carbonyl (C=O) groups is 1. The first-order valence-electron chi connectivity index (χ1n) is 6.45. The van der Waals surface area contributed by atoms with Crippen molar-refractivity contribution in [1.29, 1.82) is 0 Å². The molecule has 0 spiro atoms. The lowest BCUT2D eigenvalue weighted by Crippen LogP contribution is -2.41. The van der Waals surface area contributed by atoms with E-state index >= 15 is 0 Å². The van der Waals surface area contributed by atoms with E-state index in [9.17, 15) is 9.90 Å². The number of fused-ring (bicyclic) bond motifs is 1. The van der Waals surface area contributed by atoms with Gasteiger partial charge in [0.05, 0.1) is 4.47 Å². The van der Waals surface area contributed by atoms with Gasteiger partial charge in [-0.3, -0.25) is 4.79 Å². The predicted octanol–water partition coefficient (Wildman–Crippen LogP) is 0.731. The average molecular weight is 340 g/mol. The molecule has 7 nitrogen and oxygen atoms in total. The van der Waals surface area contributed by atoms with Crippen LogP contribution >= 0.6 is 15.9 Å². The van der Waals surface area contributed by atoms with Crippen LogP contribution in [0.1, 0.15) is 23.5 Å². The molecule has 8 heteroatoms. The van der Waals surface area contributed by atoms with Crippen LogP contribution in [0.15, 0.2) is 16.9 Å². The Morgan fingerprint density at radius 2 is 2.40 bits per heavy atom. The lowest BCUT2D eigenvalue weighted by Gasteiger charge is -2.30. The monoisotopic (exact) mass is 339 g/mol. The Bertz CT molecular complexity index is 644. The van der Waals surface area contributed by atoms with Gasteiger partial charge in [-0.1, -0.05) is 0 Å². The molecule has 0 aromatic carbocycles. The Balaban J connectivity index is 1.84. The molecule has 0 saturated carbocycles. The summed E-state index contributed by atoms with van der Waals surface area (Å²) in [4.78, 5) is 22.3. The van der Waals surface area contributed by atoms with Gasteiger partial charge in [-0.05, 0) is 34.7 Å². The zero-order valence-electron chi connectivity index (χ0n) is 10.7. The van der Waals surface area contributed by atoms with Crippen LogP contribution in [0.2, 0.25) is 0 Å². The first-order valence-corrected chi connectivity index (χ1v) is 7.24. The van der Waals surface area contributed by atoms with Crippen LogP contribution < -0.4 is 0 Å². The topological polar surface area (TPSA) is 83.6 Å². The molecule has 3 rings (SSSR count). The number of aliphatic hydroxyl groups is 1. The van der Waals surface area contributed by atoms with E-state index in [0.717, 1.165) is 17.3 Å². The van der Waals surface area contributed by atoms with Crippen molar-refractivity contribution in [2.75, 3.05) is 19.7 Å². The highest BCUT2D eigenvalue weighted by Crippen LogP contribution is 2.17. The molecule has 0 bridgehead atoms. The van der Waals surface area contributed by atoms with Gasteiger partial charge in [-0.25, -0.2) is 9.50 Å². The quantitative estimate of drug-likeness (QED) is 0.871. The van der Waals surface area contributed by atoms with Crippen molar-refractivity contribution in [3.63, 3.8) is 0 Å². The molecular weight excluding hydrogens is 326 g/mol. The molecule has 3 heterocycles. The van der Waals surface area contributed by atoms with Crippen LogP contribution in [0.25, 0.3) is 5.78 Å². The lowest BCUT2D eigenvalue weighted by molar-refractivity contribution is 0.0609. The molecule has 1 aliphatic heterocycles. The predicted molar refractivity (Wildman–Crippen MR) is 74.2 cm³/mol. The number of hydrogen-bond acceptors (Lipinski definition) is 5. The Hall–Kier alpha value is -1.54. The van der Waals surface area contributed by atoms with E-state index in [-0.39, 0.29) is 24.3 Å². The van der Waals surface area contributed by atoms with Crippen LogP contribution in [0, 0.1) is 5.92 Å². The number of piperidine rings is 1. The summed E-state index contributed by atoms with van der Waals surface area (Å²) >= 11 is 3.30. The normalized spacial score (nSPS) is 19.5. The van der Waals surface area contributed by atoms with Crippen LogP contribution in [0.4, 0.5) is 0 Å². The molecule has 0 radical (unpaired) electrons. The van der Waals surface area contributed by atoms with Crippen LogP contribution in [0.3, 0.4) is 0 Å². The van der Waals surface area contributed by atoms with Crippen molar-refractivity contribution < 1.29 is 9.90 Å². The molecule has 2 aromatic heterocycles. The highest BCUT2D eigenvalue weighted by atomic mass is 79.9. The minimum atomic E-state index is -0.204. The summed E-state index contributed by atoms with van der Waals surface area (Å²) in [6.07, 6.45) is 5.17. The third-order valence-electron chi connectivity index (χ3n) is 3.42. The van der Waals surface area contributed by atoms with Gasteiger partial charge in [0, 0.05) is 32.1 Å². The number of halogens is 1. The van der Waals surface area contributed by atoms with E-state index in [1.165, 1.54) is 4.52 Å². The Kier molecular flexibility index (Phi) is 3.66. The maximum Gasteiger partial charge on any atom is 0.293 e. The summed E-state index contributed by atoms with van der Waals surface area (Å²) in [7, 11) is 0. The van der Waals surface area contributed by atoms with E-state index in [1.807, 2.05) is 0 Å². The Labute approximate surface area is 123 Å². The third-order valence-corrected chi connectivity index (χ3v) is 3.83. The largest absolute Gasteiger partial charge is 0.396 e. The molecule has 2 aromatic rings. The standard InChI is InChI=1S/C12H14BrN5O2/c13-9-4-14-12-15-10(16-18(12)6-9)11(20)17-3-1-2-8(5-17)7-19/h4,6,8,19H,1-3,5,7H2. The average Bonchev–Trinajstić information content (AvgIpc) is 2.89. The van der Waals surface area contributed by atoms with E-state index in [1.54, 1.807) is 17.3 Å². The maximum atomic E-state index is 12.4. The highest BCUT2D eigenvalue weighted by molar-refractivity contribution is 9.10. The number of rotatable bonds is 2. The number of amides is 1. The van der Waals surface area contributed by atoms with Crippen molar-refractivity contribution in [3.8, 4) is 0 Å². The highest BCUT2D eigenvalue weighted by Gasteiger charge is 2.26. The van der Waals surface area contributed by atoms with E-state index in [4.69, 9.17) is 0 Å². The number of carbonyl (C=O) groups excluding carboxylic acids is 1. The van der Waals surface area contributed by atoms with Crippen molar-refractivity contribution in [2.45, 2.75) is 12.8 Å². The van der Waals surface area contributed by atoms with Crippen LogP contribution in [-0.4, -0.2) is 55.2 Å². The number of likely N-dealkylation sites (tertiary alicyclic amines) is 1. The molecule has 1 unspecified atom stereocenters. The molecule has 1 N–H and O–H groups in total. The molecule has 1 amide bonds. The van der Waals surface area contributed by atoms with Crippen molar-refractivity contribution in [2.24, 2.45) is 5.92 Å². The first kappa shape index (κ1) is 13.4. The van der Waals surface area contributed by atoms with Crippen LogP contribution in [0.5, 0.6) is 0 Å². The number of aromatic nitrogens is 4. The third kappa shape index (κ3) is 2.53. The van der Waals surface area contributed by atoms with Crippen LogP contribution in [-0.2, 0) is 0 Å². The molecule has 1 atom stereocenters. The first-order chi connectivity index (χ1) is 9.67. The zero-order valence-corrected chi connectivity index (χ0v) is 12.3. The molecule has 0 aliphatic carbocycles. The smallest absolute Gasteiger partial charge is 0.293 e. The van der Waals surface area contributed by atoms with Gasteiger partial charge >= 0.3 is 0 Å². The molecule has 1 fully saturated rings. The summed E-state index contributed by atoms with van der Waals surface area (Å²) < 4.78 is 2.25. The minimum Gasteiger partial charge on any atom is -0.396 e. The fraction of sp³-hybridized carbons (Fsp3) is 0.500. The Morgan fingerprint density at radius 3 is 3.20 bits per heavy atom. The fourth-order valence-corrected chi connectivity index (χ4v) is 2.69. The summed E-state index contributed by atoms with van der Waals surface area (Å²) in [6.45, 7) is 1.35. The van der Waals surface area contributed by atoms with Crippen molar-refractivity contribution in [3.05, 3.63) is 22.7 Å². The fourth-order valence-electron chi connectivity index (χ4n) is 2.39. The summed E-state index contributed by atoms with van der Waals surface area (Å²) in [5.74, 6) is 0.489. The molecular formula is C12H14BrN5O2. The minimum absolute atomic E-state index is 0.108. The van der Waals surface area contributed by atoms with Gasteiger partial charge in [0.25, 0.3) is 11.7 Å². The van der Waals surface area contributed by atoms with E-state index < -0.39 is 0 Å². The summed E-state index contributed by atoms with van der Waals surface area (Å²) in [6, 6.07) is 0. The van der Waals surface area contributed by atoms with E-state index in [2.05, 4.69) is 31.0 Å². The summed E-state index contributed by atoms with van der Waals surface area (Å²) in [5.41, 5.74) is 0. The van der Waals surface area contributed by atoms with Gasteiger partial charge in [-0.2, -0.15) is 4.98 Å². The van der Waals surface area contributed by atoms with Gasteiger partial charge < -0.3 is 10.0 Å². The van der Waals surface area contributed by atoms with Gasteiger partial charge in [0.1, 0.15) is 0 Å². The summed E-state index contributed by atoms with van der Waals surface area (Å²) in [5, 5.41) is 13.4. The zero-order chi connectivity index (χ0) is 14.1. The lowest BCUT2D eigenvalue weighted by atomic mass is 9.99. The second-order valence-corrected chi connectivity index (χ2v) is 5.81. The second-order valence-electron chi connectivity index (χ2n) is 4.89. The van der Waals surface area contributed by atoms with E-state index in [0.29, 0.717) is 18.9 Å². The number of nitrogens with zero attached hydrogens (tertiary/aromatic N) is 5. The molecule has 1 aliphatic rings. The van der Waals surface area contributed by atoms with Crippen molar-refractivity contribution in [1.82, 2.24) is 24.5 Å². The number of hydrogen-bond donors (Lipinski definition) is 1. The van der Waals surface area contributed by atoms with Gasteiger partial charge in [-0.15, -0.1) is 5.10 Å². The van der Waals surface area contributed by atoms with Gasteiger partial charge in [0.15, 0.2) is 0 Å². The number of aliphatic hydroxyl groups excluding tert-OH is 1. The SMILES string of the molecule is O=C(c1nc2ncc(Br)cn2n1)N1CCCC(CO)C1. The maximum absolute atomic E-state index is 12.4. The van der Waals surface area contributed by atoms with Gasteiger partial charge in [0.2, 0.25) is 5.82 Å². The second kappa shape index (κ2) is 5.45. The molecule has 1 saturated heterocycles. The van der Waals surface area contributed by atoms with Crippen molar-refractivity contribution >= 4 is 27.6 Å².